The van der Waals surface area contributed by atoms with Gasteiger partial charge in [-0.05, 0) is 24.6 Å². The van der Waals surface area contributed by atoms with Crippen LogP contribution in [0, 0.1) is 0 Å². The van der Waals surface area contributed by atoms with Gasteiger partial charge in [0, 0.05) is 6.42 Å². The highest BCUT2D eigenvalue weighted by Crippen LogP contribution is 2.29. The third-order valence-electron chi connectivity index (χ3n) is 2.41. The Morgan fingerprint density at radius 3 is 2.10 bits per heavy atom. The lowest BCUT2D eigenvalue weighted by molar-refractivity contribution is -0.139. The third kappa shape index (κ3) is 4.32. The van der Waals surface area contributed by atoms with Crippen molar-refractivity contribution in [1.82, 2.24) is 0 Å². The topological polar surface area (TPSA) is 26.3 Å². The van der Waals surface area contributed by atoms with Crippen molar-refractivity contribution in [2.45, 2.75) is 19.5 Å². The number of hydrogen-bond donors (Lipinski definition) is 0. The molecule has 1 aromatic rings. The lowest BCUT2D eigenvalue weighted by atomic mass is 10.0. The first kappa shape index (κ1) is 16.1. The molecule has 0 fully saturated rings. The summed E-state index contributed by atoms with van der Waals surface area (Å²) in [5.74, 6) is -1.17. The second-order valence-corrected chi connectivity index (χ2v) is 3.83. The molecule has 0 N–H and O–H groups in total. The maximum absolute atomic E-state index is 12.6. The van der Waals surface area contributed by atoms with Gasteiger partial charge in [-0.15, -0.1) is 0 Å². The zero-order chi connectivity index (χ0) is 15.3. The maximum Gasteiger partial charge on any atom is 0.416 e. The van der Waals surface area contributed by atoms with Crippen molar-refractivity contribution in [3.8, 4) is 0 Å². The molecule has 1 rings (SSSR count). The van der Waals surface area contributed by atoms with Crippen LogP contribution in [0.1, 0.15) is 18.1 Å². The highest BCUT2D eigenvalue weighted by molar-refractivity contribution is 5.89. The molecule has 20 heavy (non-hydrogen) atoms. The molecule has 0 unspecified atom stereocenters. The van der Waals surface area contributed by atoms with E-state index in [0.29, 0.717) is 0 Å². The van der Waals surface area contributed by atoms with Gasteiger partial charge in [0.15, 0.2) is 0 Å². The molecule has 7 heteroatoms. The molecule has 0 saturated heterocycles. The van der Waals surface area contributed by atoms with Crippen molar-refractivity contribution in [3.63, 3.8) is 0 Å². The van der Waals surface area contributed by atoms with Crippen LogP contribution in [0.15, 0.2) is 35.9 Å². The lowest BCUT2D eigenvalue weighted by Crippen LogP contribution is -2.11. The van der Waals surface area contributed by atoms with Gasteiger partial charge in [0.2, 0.25) is 0 Å². The maximum atomic E-state index is 12.6. The molecule has 2 nitrogen and oxygen atoms in total. The summed E-state index contributed by atoms with van der Waals surface area (Å²) >= 11 is 0. The van der Waals surface area contributed by atoms with E-state index >= 15 is 0 Å². The van der Waals surface area contributed by atoms with Gasteiger partial charge in [-0.2, -0.15) is 22.0 Å². The summed E-state index contributed by atoms with van der Waals surface area (Å²) in [4.78, 5) is 11.3. The smallest absolute Gasteiger partial charge is 0.416 e. The van der Waals surface area contributed by atoms with Crippen LogP contribution in [0.3, 0.4) is 0 Å². The number of halogens is 5. The minimum Gasteiger partial charge on any atom is -0.462 e. The average Bonchev–Trinajstić information content (AvgIpc) is 2.35. The summed E-state index contributed by atoms with van der Waals surface area (Å²) in [6, 6.07) is 3.64. The molecule has 0 amide bonds. The minimum atomic E-state index is -4.50. The zero-order valence-corrected chi connectivity index (χ0v) is 10.4. The van der Waals surface area contributed by atoms with Crippen LogP contribution in [0.5, 0.6) is 0 Å². The van der Waals surface area contributed by atoms with Crippen molar-refractivity contribution in [2.24, 2.45) is 0 Å². The first-order valence-electron chi connectivity index (χ1n) is 5.63. The Kier molecular flexibility index (Phi) is 5.24. The summed E-state index contributed by atoms with van der Waals surface area (Å²) in [6.07, 6.45) is -7.19. The van der Waals surface area contributed by atoms with Gasteiger partial charge < -0.3 is 4.74 Å². The standard InChI is InChI=1S/C13H11F5O2/c1-2-20-12(19)10(11(14)15)7-8-3-5-9(6-4-8)13(16,17)18/h3-6H,2,7H2,1H3. The first-order chi connectivity index (χ1) is 9.25. The number of carbonyl (C=O) groups excluding carboxylic acids is 1. The van der Waals surface area contributed by atoms with Crippen molar-refractivity contribution in [2.75, 3.05) is 6.61 Å². The molecule has 0 atom stereocenters. The number of ether oxygens (including phenoxy) is 1. The fourth-order valence-corrected chi connectivity index (χ4v) is 1.45. The summed E-state index contributed by atoms with van der Waals surface area (Å²) in [7, 11) is 0. The number of carbonyl (C=O) groups is 1. The van der Waals surface area contributed by atoms with E-state index in [1.165, 1.54) is 6.92 Å². The zero-order valence-electron chi connectivity index (χ0n) is 10.4. The van der Waals surface area contributed by atoms with E-state index in [-0.39, 0.29) is 12.2 Å². The van der Waals surface area contributed by atoms with Crippen LogP contribution in [0.4, 0.5) is 22.0 Å². The lowest BCUT2D eigenvalue weighted by Gasteiger charge is -2.09. The van der Waals surface area contributed by atoms with Crippen LogP contribution < -0.4 is 0 Å². The molecule has 0 aliphatic heterocycles. The average molecular weight is 294 g/mol. The molecule has 0 spiro atoms. The molecule has 0 radical (unpaired) electrons. The Morgan fingerprint density at radius 2 is 1.70 bits per heavy atom. The molecule has 0 saturated carbocycles. The van der Waals surface area contributed by atoms with Gasteiger partial charge in [-0.3, -0.25) is 0 Å². The molecule has 1 aromatic carbocycles. The number of rotatable bonds is 4. The van der Waals surface area contributed by atoms with E-state index in [1.54, 1.807) is 0 Å². The van der Waals surface area contributed by atoms with Gasteiger partial charge in [-0.25, -0.2) is 4.79 Å². The van der Waals surface area contributed by atoms with Crippen LogP contribution >= 0.6 is 0 Å². The van der Waals surface area contributed by atoms with Crippen LogP contribution in [0.2, 0.25) is 0 Å². The van der Waals surface area contributed by atoms with Gasteiger partial charge in [-0.1, -0.05) is 12.1 Å². The highest BCUT2D eigenvalue weighted by atomic mass is 19.4. The number of esters is 1. The largest absolute Gasteiger partial charge is 0.462 e. The van der Waals surface area contributed by atoms with Gasteiger partial charge in [0.25, 0.3) is 6.08 Å². The van der Waals surface area contributed by atoms with Crippen molar-refractivity contribution >= 4 is 5.97 Å². The molecule has 0 aliphatic rings. The van der Waals surface area contributed by atoms with Gasteiger partial charge >= 0.3 is 12.1 Å². The summed E-state index contributed by atoms with van der Waals surface area (Å²) in [6.45, 7) is 1.40. The Hall–Kier alpha value is -1.92. The number of hydrogen-bond acceptors (Lipinski definition) is 2. The van der Waals surface area contributed by atoms with Crippen molar-refractivity contribution in [1.29, 1.82) is 0 Å². The van der Waals surface area contributed by atoms with E-state index in [9.17, 15) is 26.7 Å². The predicted octanol–water partition coefficient (Wildman–Crippen LogP) is 3.96. The number of alkyl halides is 3. The van der Waals surface area contributed by atoms with Crippen LogP contribution in [0.25, 0.3) is 0 Å². The summed E-state index contributed by atoms with van der Waals surface area (Å²) in [5.41, 5.74) is -1.58. The van der Waals surface area contributed by atoms with E-state index < -0.39 is 35.8 Å². The Balaban J connectivity index is 2.91. The van der Waals surface area contributed by atoms with E-state index in [2.05, 4.69) is 4.74 Å². The quantitative estimate of drug-likeness (QED) is 0.477. The van der Waals surface area contributed by atoms with E-state index in [0.717, 1.165) is 24.3 Å². The Bertz CT molecular complexity index is 498. The highest BCUT2D eigenvalue weighted by Gasteiger charge is 2.30. The summed E-state index contributed by atoms with van der Waals surface area (Å²) in [5, 5.41) is 0. The second kappa shape index (κ2) is 6.49. The SMILES string of the molecule is CCOC(=O)C(Cc1ccc(C(F)(F)F)cc1)=C(F)F. The van der Waals surface area contributed by atoms with Crippen LogP contribution in [-0.4, -0.2) is 12.6 Å². The molecular weight excluding hydrogens is 283 g/mol. The molecule has 0 heterocycles. The van der Waals surface area contributed by atoms with E-state index in [4.69, 9.17) is 0 Å². The molecule has 0 bridgehead atoms. The predicted molar refractivity (Wildman–Crippen MR) is 61.0 cm³/mol. The monoisotopic (exact) mass is 294 g/mol. The van der Waals surface area contributed by atoms with Crippen molar-refractivity contribution in [3.05, 3.63) is 47.0 Å². The fraction of sp³-hybridized carbons (Fsp3) is 0.308. The molecule has 0 aromatic heterocycles. The Labute approximate surface area is 111 Å². The van der Waals surface area contributed by atoms with Gasteiger partial charge in [0.1, 0.15) is 5.57 Å². The normalized spacial score (nSPS) is 11.1. The summed E-state index contributed by atoms with van der Waals surface area (Å²) < 4.78 is 66.7. The van der Waals surface area contributed by atoms with E-state index in [1.807, 2.05) is 0 Å². The fourth-order valence-electron chi connectivity index (χ4n) is 1.45. The Morgan fingerprint density at radius 1 is 1.15 bits per heavy atom. The minimum absolute atomic E-state index is 0.0668. The molecule has 0 aliphatic carbocycles. The van der Waals surface area contributed by atoms with Gasteiger partial charge in [0.05, 0.1) is 12.2 Å². The number of benzene rings is 1. The third-order valence-corrected chi connectivity index (χ3v) is 2.41. The first-order valence-corrected chi connectivity index (χ1v) is 5.63. The van der Waals surface area contributed by atoms with Crippen molar-refractivity contribution < 1.29 is 31.5 Å². The van der Waals surface area contributed by atoms with Crippen LogP contribution in [-0.2, 0) is 22.1 Å². The molecular formula is C13H11F5O2. The molecule has 110 valence electrons. The second-order valence-electron chi connectivity index (χ2n) is 3.83.